The summed E-state index contributed by atoms with van der Waals surface area (Å²) in [4.78, 5) is 21.1. The van der Waals surface area contributed by atoms with Gasteiger partial charge in [-0.25, -0.2) is 9.97 Å². The Kier molecular flexibility index (Phi) is 8.01. The highest BCUT2D eigenvalue weighted by Crippen LogP contribution is 2.65. The molecule has 6 heteroatoms. The van der Waals surface area contributed by atoms with Gasteiger partial charge in [-0.3, -0.25) is 0 Å². The van der Waals surface area contributed by atoms with Crippen LogP contribution < -0.4 is 19.6 Å². The fraction of sp³-hybridized carbons (Fsp3) is 0.348. The molecule has 0 amide bonds. The van der Waals surface area contributed by atoms with Crippen LogP contribution in [0.25, 0.3) is 6.08 Å². The number of hydrogen-bond donors (Lipinski definition) is 0. The van der Waals surface area contributed by atoms with Crippen LogP contribution in [0, 0.1) is 5.41 Å². The lowest BCUT2D eigenvalue weighted by Gasteiger charge is -2.61. The average molecular weight is 689 g/mol. The molecule has 1 aromatic heterocycles. The first-order chi connectivity index (χ1) is 24.9. The van der Waals surface area contributed by atoms with Crippen molar-refractivity contribution in [3.05, 3.63) is 133 Å². The fourth-order valence-corrected chi connectivity index (χ4v) is 9.55. The van der Waals surface area contributed by atoms with Gasteiger partial charge in [0, 0.05) is 33.7 Å². The Morgan fingerprint density at radius 1 is 0.750 bits per heavy atom. The van der Waals surface area contributed by atoms with E-state index >= 15 is 0 Å². The van der Waals surface area contributed by atoms with Crippen LogP contribution in [0.2, 0.25) is 0 Å². The molecule has 0 bridgehead atoms. The van der Waals surface area contributed by atoms with E-state index in [-0.39, 0.29) is 34.6 Å². The van der Waals surface area contributed by atoms with E-state index in [9.17, 15) is 0 Å². The van der Waals surface area contributed by atoms with Gasteiger partial charge in [0.05, 0.1) is 29.0 Å². The quantitative estimate of drug-likeness (QED) is 0.169. The topological polar surface area (TPSA) is 38.7 Å². The number of para-hydroxylation sites is 5. The molecular weight excluding hydrogens is 637 g/mol. The molecule has 4 aromatic carbocycles. The molecule has 0 N–H and O–H groups in total. The summed E-state index contributed by atoms with van der Waals surface area (Å²) in [6.45, 7) is 23.0. The normalized spacial score (nSPS) is 21.6. The van der Waals surface area contributed by atoms with Crippen molar-refractivity contribution in [2.75, 3.05) is 19.6 Å². The van der Waals surface area contributed by atoms with Crippen molar-refractivity contribution in [2.24, 2.45) is 5.41 Å². The molecule has 3 atom stereocenters. The highest BCUT2D eigenvalue weighted by Gasteiger charge is 2.63. The molecule has 8 rings (SSSR count). The maximum Gasteiger partial charge on any atom is 0.178 e. The second-order valence-electron chi connectivity index (χ2n) is 16.6. The van der Waals surface area contributed by atoms with Crippen LogP contribution in [-0.4, -0.2) is 28.3 Å². The molecule has 0 saturated heterocycles. The first-order valence-electron chi connectivity index (χ1n) is 18.9. The summed E-state index contributed by atoms with van der Waals surface area (Å²) in [5, 5.41) is 0. The lowest BCUT2D eigenvalue weighted by molar-refractivity contribution is 0.0660. The minimum atomic E-state index is -0.251. The van der Waals surface area contributed by atoms with Crippen molar-refractivity contribution in [2.45, 2.75) is 97.4 Å². The van der Waals surface area contributed by atoms with Gasteiger partial charge in [-0.2, -0.15) is 0 Å². The van der Waals surface area contributed by atoms with Crippen LogP contribution in [0.3, 0.4) is 0 Å². The standard InChI is InChI=1S/C46H52N6/c1-10-32-21-15-17-25-35(32)52-40(50(33-22-13-12-14-23-33)42-41(52)47-30-39(48-42)44(5,6)7)29-46(11-2)43-49(31(3)4)37-27-19-20-28-38(37)51(43)36-26-18-16-24-34(36)45(46,8)9/h10,12-28,30-31,40,43H,1,11,29H2,2-9H3. The van der Waals surface area contributed by atoms with Crippen LogP contribution in [-0.2, 0) is 10.8 Å². The van der Waals surface area contributed by atoms with E-state index in [1.165, 1.54) is 22.6 Å². The Morgan fingerprint density at radius 3 is 2.02 bits per heavy atom. The number of rotatable bonds is 7. The SMILES string of the molecule is C=Cc1ccccc1N1c2ncc(C(C)(C)C)nc2N(c2ccccc2)C1CC1(CC)C2N(c3ccccc3N2C(C)C)c2ccccc2C1(C)C. The summed E-state index contributed by atoms with van der Waals surface area (Å²) < 4.78 is 0. The van der Waals surface area contributed by atoms with Crippen LogP contribution in [0.5, 0.6) is 0 Å². The van der Waals surface area contributed by atoms with Gasteiger partial charge >= 0.3 is 0 Å². The summed E-state index contributed by atoms with van der Waals surface area (Å²) in [7, 11) is 0. The molecule has 52 heavy (non-hydrogen) atoms. The molecule has 3 aliphatic heterocycles. The second-order valence-corrected chi connectivity index (χ2v) is 16.6. The molecule has 0 aliphatic carbocycles. The molecule has 0 saturated carbocycles. The molecule has 3 unspecified atom stereocenters. The molecule has 0 radical (unpaired) electrons. The molecule has 0 spiro atoms. The third kappa shape index (κ3) is 4.83. The number of anilines is 7. The van der Waals surface area contributed by atoms with Crippen molar-refractivity contribution in [3.8, 4) is 0 Å². The van der Waals surface area contributed by atoms with E-state index in [2.05, 4.69) is 185 Å². The van der Waals surface area contributed by atoms with E-state index in [4.69, 9.17) is 9.97 Å². The predicted octanol–water partition coefficient (Wildman–Crippen LogP) is 11.5. The number of aromatic nitrogens is 2. The van der Waals surface area contributed by atoms with Gasteiger partial charge in [0.2, 0.25) is 0 Å². The lowest BCUT2D eigenvalue weighted by Crippen LogP contribution is -2.66. The fourth-order valence-electron chi connectivity index (χ4n) is 9.55. The zero-order chi connectivity index (χ0) is 36.6. The van der Waals surface area contributed by atoms with E-state index in [1.807, 2.05) is 12.3 Å². The Bertz CT molecular complexity index is 2130. The number of hydrogen-bond acceptors (Lipinski definition) is 6. The van der Waals surface area contributed by atoms with Gasteiger partial charge in [-0.05, 0) is 74.2 Å². The minimum absolute atomic E-state index is 0.0729. The van der Waals surface area contributed by atoms with Crippen molar-refractivity contribution in [3.63, 3.8) is 0 Å². The Labute approximate surface area is 310 Å². The molecule has 5 aromatic rings. The summed E-state index contributed by atoms with van der Waals surface area (Å²) in [5.41, 5.74) is 8.90. The van der Waals surface area contributed by atoms with Gasteiger partial charge in [-0.1, -0.05) is 121 Å². The van der Waals surface area contributed by atoms with Crippen LogP contribution >= 0.6 is 0 Å². The first-order valence-corrected chi connectivity index (χ1v) is 18.9. The molecule has 3 aliphatic rings. The van der Waals surface area contributed by atoms with E-state index in [0.717, 1.165) is 47.1 Å². The maximum absolute atomic E-state index is 5.49. The van der Waals surface area contributed by atoms with Crippen molar-refractivity contribution in [1.29, 1.82) is 0 Å². The van der Waals surface area contributed by atoms with E-state index < -0.39 is 0 Å². The monoisotopic (exact) mass is 688 g/mol. The second kappa shape index (κ2) is 12.3. The third-order valence-electron chi connectivity index (χ3n) is 12.2. The molecule has 266 valence electrons. The van der Waals surface area contributed by atoms with Crippen molar-refractivity contribution >= 4 is 46.1 Å². The number of benzene rings is 4. The Morgan fingerprint density at radius 2 is 1.37 bits per heavy atom. The Hall–Kier alpha value is -5.10. The van der Waals surface area contributed by atoms with E-state index in [1.54, 1.807) is 0 Å². The molecule has 0 fully saturated rings. The van der Waals surface area contributed by atoms with E-state index in [0.29, 0.717) is 0 Å². The highest BCUT2D eigenvalue weighted by molar-refractivity contribution is 5.89. The first kappa shape index (κ1) is 34.0. The van der Waals surface area contributed by atoms with Gasteiger partial charge < -0.3 is 19.6 Å². The highest BCUT2D eigenvalue weighted by atomic mass is 15.5. The molecular formula is C46H52N6. The van der Waals surface area contributed by atoms with Gasteiger partial charge in [0.1, 0.15) is 12.3 Å². The maximum atomic E-state index is 5.49. The Balaban J connectivity index is 1.42. The summed E-state index contributed by atoms with van der Waals surface area (Å²) in [6.07, 6.45) is 5.70. The van der Waals surface area contributed by atoms with Crippen LogP contribution in [0.15, 0.2) is 116 Å². The van der Waals surface area contributed by atoms with Gasteiger partial charge in [-0.15, -0.1) is 0 Å². The van der Waals surface area contributed by atoms with Gasteiger partial charge in [0.15, 0.2) is 11.6 Å². The molecule has 4 heterocycles. The zero-order valence-electron chi connectivity index (χ0n) is 32.0. The molecule has 6 nitrogen and oxygen atoms in total. The largest absolute Gasteiger partial charge is 0.346 e. The third-order valence-corrected chi connectivity index (χ3v) is 12.2. The average Bonchev–Trinajstić information content (AvgIpc) is 3.66. The van der Waals surface area contributed by atoms with Crippen molar-refractivity contribution in [1.82, 2.24) is 9.97 Å². The summed E-state index contributed by atoms with van der Waals surface area (Å²) in [6, 6.07) is 37.9. The number of nitrogens with zero attached hydrogens (tertiary/aromatic N) is 6. The number of fused-ring (bicyclic) bond motifs is 6. The lowest BCUT2D eigenvalue weighted by atomic mass is 9.54. The zero-order valence-corrected chi connectivity index (χ0v) is 32.0. The van der Waals surface area contributed by atoms with Gasteiger partial charge in [0.25, 0.3) is 0 Å². The minimum Gasteiger partial charge on any atom is -0.346 e. The smallest absolute Gasteiger partial charge is 0.178 e. The van der Waals surface area contributed by atoms with Crippen LogP contribution in [0.4, 0.5) is 40.1 Å². The van der Waals surface area contributed by atoms with Crippen LogP contribution in [0.1, 0.15) is 85.1 Å². The summed E-state index contributed by atoms with van der Waals surface area (Å²) >= 11 is 0. The predicted molar refractivity (Wildman–Crippen MR) is 219 cm³/mol. The summed E-state index contributed by atoms with van der Waals surface area (Å²) in [5.74, 6) is 1.78. The van der Waals surface area contributed by atoms with Crippen molar-refractivity contribution < 1.29 is 0 Å².